The lowest BCUT2D eigenvalue weighted by atomic mass is 10.1. The van der Waals surface area contributed by atoms with E-state index < -0.39 is 16.9 Å². The molecule has 106 valence electrons. The SMILES string of the molecule is Cc1nc(CNc2ccc([N+](=O)[O-])cc2C(F)F)no1. The fraction of sp³-hybridized carbons (Fsp3) is 0.273. The Labute approximate surface area is 111 Å². The van der Waals surface area contributed by atoms with Crippen LogP contribution in [0, 0.1) is 17.0 Å². The molecule has 0 bridgehead atoms. The number of aryl methyl sites for hydroxylation is 1. The van der Waals surface area contributed by atoms with Crippen molar-refractivity contribution in [3.05, 3.63) is 45.6 Å². The first-order valence-corrected chi connectivity index (χ1v) is 5.57. The zero-order valence-electron chi connectivity index (χ0n) is 10.3. The summed E-state index contributed by atoms with van der Waals surface area (Å²) in [5.41, 5.74) is -0.742. The number of rotatable bonds is 5. The molecule has 0 unspecified atom stereocenters. The number of hydrogen-bond donors (Lipinski definition) is 1. The molecule has 1 N–H and O–H groups in total. The van der Waals surface area contributed by atoms with Gasteiger partial charge in [0.15, 0.2) is 5.82 Å². The van der Waals surface area contributed by atoms with Gasteiger partial charge < -0.3 is 9.84 Å². The van der Waals surface area contributed by atoms with Crippen LogP contribution >= 0.6 is 0 Å². The molecule has 2 aromatic rings. The molecule has 9 heteroatoms. The quantitative estimate of drug-likeness (QED) is 0.670. The smallest absolute Gasteiger partial charge is 0.270 e. The number of hydrogen-bond acceptors (Lipinski definition) is 6. The minimum Gasteiger partial charge on any atom is -0.377 e. The highest BCUT2D eigenvalue weighted by molar-refractivity contribution is 5.56. The molecule has 0 saturated heterocycles. The third kappa shape index (κ3) is 3.05. The Morgan fingerprint density at radius 3 is 2.80 bits per heavy atom. The van der Waals surface area contributed by atoms with Gasteiger partial charge in [-0.2, -0.15) is 4.98 Å². The van der Waals surface area contributed by atoms with Crippen LogP contribution in [-0.2, 0) is 6.54 Å². The van der Waals surface area contributed by atoms with Gasteiger partial charge in [-0.15, -0.1) is 0 Å². The van der Waals surface area contributed by atoms with Crippen molar-refractivity contribution >= 4 is 11.4 Å². The lowest BCUT2D eigenvalue weighted by Crippen LogP contribution is -2.05. The number of benzene rings is 1. The molecular formula is C11H10F2N4O3. The van der Waals surface area contributed by atoms with Crippen molar-refractivity contribution < 1.29 is 18.2 Å². The molecule has 1 heterocycles. The number of halogens is 2. The van der Waals surface area contributed by atoms with Gasteiger partial charge in [-0.25, -0.2) is 8.78 Å². The summed E-state index contributed by atoms with van der Waals surface area (Å²) in [5, 5.41) is 16.9. The van der Waals surface area contributed by atoms with Crippen LogP contribution in [0.15, 0.2) is 22.7 Å². The number of anilines is 1. The van der Waals surface area contributed by atoms with Crippen LogP contribution in [-0.4, -0.2) is 15.1 Å². The average Bonchev–Trinajstić information content (AvgIpc) is 2.81. The highest BCUT2D eigenvalue weighted by Gasteiger charge is 2.18. The molecule has 7 nitrogen and oxygen atoms in total. The predicted molar refractivity (Wildman–Crippen MR) is 64.4 cm³/mol. The van der Waals surface area contributed by atoms with Gasteiger partial charge in [0.2, 0.25) is 5.89 Å². The Hall–Kier alpha value is -2.58. The van der Waals surface area contributed by atoms with Crippen molar-refractivity contribution in [3.63, 3.8) is 0 Å². The number of nitrogens with one attached hydrogen (secondary N) is 1. The second-order valence-electron chi connectivity index (χ2n) is 3.91. The van der Waals surface area contributed by atoms with Crippen molar-refractivity contribution in [2.45, 2.75) is 19.9 Å². The molecule has 0 amide bonds. The van der Waals surface area contributed by atoms with Gasteiger partial charge in [0.25, 0.3) is 12.1 Å². The van der Waals surface area contributed by atoms with Crippen LogP contribution in [0.3, 0.4) is 0 Å². The van der Waals surface area contributed by atoms with Gasteiger partial charge in [0.1, 0.15) is 0 Å². The minimum absolute atomic E-state index is 0.0782. The Morgan fingerprint density at radius 2 is 2.25 bits per heavy atom. The molecule has 0 aliphatic heterocycles. The molecule has 0 aliphatic rings. The van der Waals surface area contributed by atoms with E-state index in [1.54, 1.807) is 6.92 Å². The maximum absolute atomic E-state index is 12.9. The summed E-state index contributed by atoms with van der Waals surface area (Å²) in [4.78, 5) is 13.8. The van der Waals surface area contributed by atoms with Gasteiger partial charge in [0, 0.05) is 30.3 Å². The number of nitro benzene ring substituents is 1. The van der Waals surface area contributed by atoms with Gasteiger partial charge in [-0.1, -0.05) is 5.16 Å². The lowest BCUT2D eigenvalue weighted by Gasteiger charge is -2.09. The van der Waals surface area contributed by atoms with Crippen molar-refractivity contribution in [3.8, 4) is 0 Å². The van der Waals surface area contributed by atoms with Crippen molar-refractivity contribution in [1.82, 2.24) is 10.1 Å². The summed E-state index contributed by atoms with van der Waals surface area (Å²) in [6.07, 6.45) is -2.83. The normalized spacial score (nSPS) is 10.8. The van der Waals surface area contributed by atoms with Crippen LogP contribution in [0.4, 0.5) is 20.2 Å². The topological polar surface area (TPSA) is 94.1 Å². The van der Waals surface area contributed by atoms with E-state index in [0.717, 1.165) is 12.1 Å². The summed E-state index contributed by atoms with van der Waals surface area (Å²) in [7, 11) is 0. The van der Waals surface area contributed by atoms with Gasteiger partial charge >= 0.3 is 0 Å². The lowest BCUT2D eigenvalue weighted by molar-refractivity contribution is -0.385. The predicted octanol–water partition coefficient (Wildman–Crippen LogP) is 2.84. The van der Waals surface area contributed by atoms with Gasteiger partial charge in [-0.05, 0) is 6.07 Å². The van der Waals surface area contributed by atoms with Gasteiger partial charge in [0.05, 0.1) is 11.5 Å². The van der Waals surface area contributed by atoms with Crippen molar-refractivity contribution in [2.24, 2.45) is 0 Å². The number of non-ortho nitro benzene ring substituents is 1. The molecule has 0 saturated carbocycles. The van der Waals surface area contributed by atoms with E-state index in [-0.39, 0.29) is 17.9 Å². The molecule has 1 aromatic carbocycles. The Balaban J connectivity index is 2.20. The maximum Gasteiger partial charge on any atom is 0.270 e. The van der Waals surface area contributed by atoms with E-state index >= 15 is 0 Å². The Morgan fingerprint density at radius 1 is 1.50 bits per heavy atom. The fourth-order valence-corrected chi connectivity index (χ4v) is 1.59. The third-order valence-electron chi connectivity index (χ3n) is 2.49. The first-order valence-electron chi connectivity index (χ1n) is 5.57. The van der Waals surface area contributed by atoms with E-state index in [9.17, 15) is 18.9 Å². The molecular weight excluding hydrogens is 274 g/mol. The number of aromatic nitrogens is 2. The third-order valence-corrected chi connectivity index (χ3v) is 2.49. The van der Waals surface area contributed by atoms with Crippen LogP contribution < -0.4 is 5.32 Å². The molecule has 20 heavy (non-hydrogen) atoms. The monoisotopic (exact) mass is 284 g/mol. The van der Waals surface area contributed by atoms with Crippen LogP contribution in [0.1, 0.15) is 23.7 Å². The van der Waals surface area contributed by atoms with Crippen LogP contribution in [0.25, 0.3) is 0 Å². The summed E-state index contributed by atoms with van der Waals surface area (Å²) >= 11 is 0. The largest absolute Gasteiger partial charge is 0.377 e. The van der Waals surface area contributed by atoms with E-state index in [4.69, 9.17) is 4.52 Å². The van der Waals surface area contributed by atoms with E-state index in [1.165, 1.54) is 6.07 Å². The highest BCUT2D eigenvalue weighted by atomic mass is 19.3. The molecule has 0 atom stereocenters. The second-order valence-corrected chi connectivity index (χ2v) is 3.91. The van der Waals surface area contributed by atoms with Gasteiger partial charge in [-0.3, -0.25) is 10.1 Å². The first kappa shape index (κ1) is 13.8. The molecule has 2 rings (SSSR count). The van der Waals surface area contributed by atoms with E-state index in [0.29, 0.717) is 11.7 Å². The van der Waals surface area contributed by atoms with Crippen molar-refractivity contribution in [2.75, 3.05) is 5.32 Å². The van der Waals surface area contributed by atoms with E-state index in [1.807, 2.05) is 0 Å². The second kappa shape index (κ2) is 5.59. The summed E-state index contributed by atoms with van der Waals surface area (Å²) in [6.45, 7) is 1.68. The van der Waals surface area contributed by atoms with Crippen LogP contribution in [0.5, 0.6) is 0 Å². The Kier molecular flexibility index (Phi) is 3.87. The summed E-state index contributed by atoms with van der Waals surface area (Å²) < 4.78 is 30.5. The van der Waals surface area contributed by atoms with Crippen molar-refractivity contribution in [1.29, 1.82) is 0 Å². The summed E-state index contributed by atoms with van der Waals surface area (Å²) in [5.74, 6) is 0.667. The molecule has 0 fully saturated rings. The average molecular weight is 284 g/mol. The first-order chi connectivity index (χ1) is 9.47. The zero-order valence-corrected chi connectivity index (χ0v) is 10.3. The number of nitrogens with zero attached hydrogens (tertiary/aromatic N) is 3. The molecule has 0 spiro atoms. The molecule has 0 aliphatic carbocycles. The minimum atomic E-state index is -2.83. The standard InChI is InChI=1S/C11H10F2N4O3/c1-6-15-10(16-20-6)5-14-9-3-2-7(17(18)19)4-8(9)11(12)13/h2-4,11,14H,5H2,1H3. The summed E-state index contributed by atoms with van der Waals surface area (Å²) in [6, 6.07) is 3.22. The maximum atomic E-state index is 12.9. The molecule has 0 radical (unpaired) electrons. The Bertz CT molecular complexity index is 630. The fourth-order valence-electron chi connectivity index (χ4n) is 1.59. The zero-order chi connectivity index (χ0) is 14.7. The number of nitro groups is 1. The van der Waals surface area contributed by atoms with E-state index in [2.05, 4.69) is 15.5 Å². The highest BCUT2D eigenvalue weighted by Crippen LogP contribution is 2.30. The molecule has 1 aromatic heterocycles. The number of alkyl halides is 2. The van der Waals surface area contributed by atoms with Crippen LogP contribution in [0.2, 0.25) is 0 Å².